The number of likely N-dealkylation sites (N-methyl/N-ethyl adjacent to an activating group) is 1. The molecule has 0 saturated carbocycles. The zero-order valence-corrected chi connectivity index (χ0v) is 15.7. The maximum Gasteiger partial charge on any atom is 0.318 e. The van der Waals surface area contributed by atoms with E-state index in [-0.39, 0.29) is 6.04 Å². The largest absolute Gasteiger partial charge is 0.386 e. The quantitative estimate of drug-likeness (QED) is 0.752. The van der Waals surface area contributed by atoms with Gasteiger partial charge in [-0.2, -0.15) is 8.42 Å². The van der Waals surface area contributed by atoms with E-state index in [2.05, 4.69) is 4.90 Å². The van der Waals surface area contributed by atoms with E-state index in [0.29, 0.717) is 12.2 Å². The van der Waals surface area contributed by atoms with Gasteiger partial charge in [0, 0.05) is 19.2 Å². The molecule has 136 valence electrons. The molecule has 0 amide bonds. The standard InChI is InChI=1S/C21H23NO3S/c1-22(17-12-6-3-7-13-17)20-18-14-8-9-15-19(18)25-26(23,24)21(20)16-10-4-2-5-11-16/h2-7,10-13,20-21H,8-9,14-15H2,1H3/t20-,21-/m1/s1. The molecule has 0 N–H and O–H groups in total. The maximum absolute atomic E-state index is 13.1. The second kappa shape index (κ2) is 6.80. The molecule has 0 unspecified atom stereocenters. The molecule has 2 aromatic rings. The van der Waals surface area contributed by atoms with E-state index in [1.807, 2.05) is 67.7 Å². The first-order valence-electron chi connectivity index (χ1n) is 9.06. The van der Waals surface area contributed by atoms with Gasteiger partial charge in [-0.25, -0.2) is 0 Å². The highest BCUT2D eigenvalue weighted by molar-refractivity contribution is 7.87. The van der Waals surface area contributed by atoms with E-state index in [0.717, 1.165) is 36.1 Å². The van der Waals surface area contributed by atoms with E-state index in [9.17, 15) is 8.42 Å². The Labute approximate surface area is 155 Å². The number of hydrogen-bond donors (Lipinski definition) is 0. The SMILES string of the molecule is CN(c1ccccc1)[C@@H]1C2=C(CCCC2)OS(=O)(=O)[C@@H]1c1ccccc1. The van der Waals surface area contributed by atoms with Crippen LogP contribution in [0.3, 0.4) is 0 Å². The number of nitrogens with zero attached hydrogens (tertiary/aromatic N) is 1. The third-order valence-corrected chi connectivity index (χ3v) is 6.92. The Morgan fingerprint density at radius 1 is 0.923 bits per heavy atom. The highest BCUT2D eigenvalue weighted by Gasteiger charge is 2.46. The molecule has 0 bridgehead atoms. The van der Waals surface area contributed by atoms with Gasteiger partial charge < -0.3 is 9.08 Å². The Morgan fingerprint density at radius 2 is 1.54 bits per heavy atom. The summed E-state index contributed by atoms with van der Waals surface area (Å²) < 4.78 is 31.8. The van der Waals surface area contributed by atoms with Gasteiger partial charge >= 0.3 is 10.1 Å². The fraction of sp³-hybridized carbons (Fsp3) is 0.333. The summed E-state index contributed by atoms with van der Waals surface area (Å²) in [6.07, 6.45) is 3.64. The molecule has 4 nitrogen and oxygen atoms in total. The van der Waals surface area contributed by atoms with Gasteiger partial charge in [0.25, 0.3) is 0 Å². The Morgan fingerprint density at radius 3 is 2.23 bits per heavy atom. The van der Waals surface area contributed by atoms with Gasteiger partial charge in [0.1, 0.15) is 11.0 Å². The predicted molar refractivity (Wildman–Crippen MR) is 103 cm³/mol. The minimum atomic E-state index is -3.75. The lowest BCUT2D eigenvalue weighted by Crippen LogP contribution is -2.46. The van der Waals surface area contributed by atoms with E-state index in [1.165, 1.54) is 0 Å². The summed E-state index contributed by atoms with van der Waals surface area (Å²) in [5.74, 6) is 0.663. The van der Waals surface area contributed by atoms with Crippen molar-refractivity contribution in [2.75, 3.05) is 11.9 Å². The van der Waals surface area contributed by atoms with Gasteiger partial charge in [0.2, 0.25) is 0 Å². The lowest BCUT2D eigenvalue weighted by atomic mass is 9.87. The van der Waals surface area contributed by atoms with Crippen LogP contribution < -0.4 is 4.90 Å². The summed E-state index contributed by atoms with van der Waals surface area (Å²) in [5, 5.41) is -0.731. The number of para-hydroxylation sites is 1. The molecule has 0 spiro atoms. The summed E-state index contributed by atoms with van der Waals surface area (Å²) in [4.78, 5) is 2.10. The van der Waals surface area contributed by atoms with Crippen LogP contribution in [0.4, 0.5) is 5.69 Å². The average Bonchev–Trinajstić information content (AvgIpc) is 2.67. The molecule has 1 aliphatic carbocycles. The van der Waals surface area contributed by atoms with Crippen LogP contribution in [0.15, 0.2) is 72.0 Å². The number of allylic oxidation sites excluding steroid dienone is 1. The molecule has 1 aliphatic heterocycles. The molecule has 0 radical (unpaired) electrons. The first-order chi connectivity index (χ1) is 12.6. The van der Waals surface area contributed by atoms with Gasteiger partial charge in [-0.3, -0.25) is 0 Å². The zero-order valence-electron chi connectivity index (χ0n) is 14.8. The van der Waals surface area contributed by atoms with E-state index >= 15 is 0 Å². The van der Waals surface area contributed by atoms with Gasteiger partial charge in [-0.05, 0) is 42.5 Å². The summed E-state index contributed by atoms with van der Waals surface area (Å²) in [5.41, 5.74) is 2.91. The van der Waals surface area contributed by atoms with Crippen LogP contribution in [-0.4, -0.2) is 21.5 Å². The molecule has 2 atom stereocenters. The van der Waals surface area contributed by atoms with Crippen LogP contribution in [0, 0.1) is 0 Å². The normalized spacial score (nSPS) is 24.5. The molecule has 4 rings (SSSR count). The van der Waals surface area contributed by atoms with Crippen LogP contribution >= 0.6 is 0 Å². The molecule has 5 heteroatoms. The fourth-order valence-corrected chi connectivity index (χ4v) is 5.82. The molecular formula is C21H23NO3S. The van der Waals surface area contributed by atoms with Gasteiger partial charge in [-0.1, -0.05) is 48.5 Å². The fourth-order valence-electron chi connectivity index (χ4n) is 4.09. The van der Waals surface area contributed by atoms with Crippen molar-refractivity contribution in [3.05, 3.63) is 77.6 Å². The topological polar surface area (TPSA) is 46.6 Å². The zero-order chi connectivity index (χ0) is 18.1. The van der Waals surface area contributed by atoms with Crippen LogP contribution in [0.2, 0.25) is 0 Å². The van der Waals surface area contributed by atoms with Crippen molar-refractivity contribution < 1.29 is 12.6 Å². The van der Waals surface area contributed by atoms with Gasteiger partial charge in [0.05, 0.1) is 6.04 Å². The van der Waals surface area contributed by atoms with Crippen molar-refractivity contribution in [2.24, 2.45) is 0 Å². The minimum Gasteiger partial charge on any atom is -0.386 e. The summed E-state index contributed by atoms with van der Waals surface area (Å²) >= 11 is 0. The number of hydrogen-bond acceptors (Lipinski definition) is 4. The monoisotopic (exact) mass is 369 g/mol. The lowest BCUT2D eigenvalue weighted by molar-refractivity contribution is 0.328. The van der Waals surface area contributed by atoms with Crippen molar-refractivity contribution in [2.45, 2.75) is 37.0 Å². The van der Waals surface area contributed by atoms with Gasteiger partial charge in [-0.15, -0.1) is 0 Å². The first-order valence-corrected chi connectivity index (χ1v) is 10.5. The molecule has 1 heterocycles. The van der Waals surface area contributed by atoms with E-state index in [1.54, 1.807) is 0 Å². The summed E-state index contributed by atoms with van der Waals surface area (Å²) in [6.45, 7) is 0. The highest BCUT2D eigenvalue weighted by atomic mass is 32.2. The van der Waals surface area contributed by atoms with Crippen molar-refractivity contribution in [1.82, 2.24) is 0 Å². The second-order valence-electron chi connectivity index (χ2n) is 6.95. The van der Waals surface area contributed by atoms with Crippen molar-refractivity contribution >= 4 is 15.8 Å². The first kappa shape index (κ1) is 17.2. The average molecular weight is 369 g/mol. The van der Waals surface area contributed by atoms with E-state index < -0.39 is 15.4 Å². The Hall–Kier alpha value is -2.27. The van der Waals surface area contributed by atoms with Crippen LogP contribution in [0.1, 0.15) is 36.5 Å². The predicted octanol–water partition coefficient (Wildman–Crippen LogP) is 4.42. The van der Waals surface area contributed by atoms with Crippen LogP contribution in [-0.2, 0) is 14.3 Å². The lowest BCUT2D eigenvalue weighted by Gasteiger charge is -2.42. The summed E-state index contributed by atoms with van der Waals surface area (Å²) in [7, 11) is -1.77. The Balaban J connectivity index is 1.88. The van der Waals surface area contributed by atoms with Crippen LogP contribution in [0.25, 0.3) is 0 Å². The number of benzene rings is 2. The van der Waals surface area contributed by atoms with Crippen LogP contribution in [0.5, 0.6) is 0 Å². The molecule has 0 fully saturated rings. The van der Waals surface area contributed by atoms with Crippen molar-refractivity contribution in [1.29, 1.82) is 0 Å². The second-order valence-corrected chi connectivity index (χ2v) is 8.61. The highest BCUT2D eigenvalue weighted by Crippen LogP contribution is 2.45. The smallest absolute Gasteiger partial charge is 0.318 e. The van der Waals surface area contributed by atoms with Gasteiger partial charge in [0.15, 0.2) is 0 Å². The minimum absolute atomic E-state index is 0.256. The summed E-state index contributed by atoms with van der Waals surface area (Å²) in [6, 6.07) is 19.1. The number of rotatable bonds is 3. The Kier molecular flexibility index (Phi) is 4.49. The molecule has 0 aromatic heterocycles. The van der Waals surface area contributed by atoms with Crippen molar-refractivity contribution in [3.63, 3.8) is 0 Å². The molecular weight excluding hydrogens is 346 g/mol. The Bertz CT molecular complexity index is 907. The van der Waals surface area contributed by atoms with Crippen molar-refractivity contribution in [3.8, 4) is 0 Å². The molecule has 0 saturated heterocycles. The van der Waals surface area contributed by atoms with E-state index in [4.69, 9.17) is 4.18 Å². The maximum atomic E-state index is 13.1. The molecule has 26 heavy (non-hydrogen) atoms. The third-order valence-electron chi connectivity index (χ3n) is 5.34. The number of anilines is 1. The third kappa shape index (κ3) is 3.01. The molecule has 2 aliphatic rings. The molecule has 2 aromatic carbocycles.